The summed E-state index contributed by atoms with van der Waals surface area (Å²) in [5, 5.41) is 21.5. The van der Waals surface area contributed by atoms with Crippen LogP contribution in [0.25, 0.3) is 0 Å². The highest BCUT2D eigenvalue weighted by Gasteiger charge is 2.62. The van der Waals surface area contributed by atoms with E-state index in [4.69, 9.17) is 0 Å². The average molecular weight is 490 g/mol. The van der Waals surface area contributed by atoms with Crippen LogP contribution in [0, 0.1) is 17.3 Å². The molecule has 9 heteroatoms. The fourth-order valence-corrected chi connectivity index (χ4v) is 5.56. The zero-order valence-electron chi connectivity index (χ0n) is 17.9. The lowest BCUT2D eigenvalue weighted by atomic mass is 9.43. The molecule has 3 saturated carbocycles. The number of halogens is 1. The lowest BCUT2D eigenvalue weighted by Crippen LogP contribution is -2.68. The number of aliphatic hydroxyl groups is 1. The number of hydrogen-bond donors (Lipinski definition) is 3. The Kier molecular flexibility index (Phi) is 5.68. The summed E-state index contributed by atoms with van der Waals surface area (Å²) in [6.45, 7) is 6.49. The molecule has 0 aromatic carbocycles. The molecule has 2 aromatic rings. The zero-order chi connectivity index (χ0) is 22.4. The molecule has 166 valence electrons. The van der Waals surface area contributed by atoms with E-state index >= 15 is 0 Å². The highest BCUT2D eigenvalue weighted by molar-refractivity contribution is 9.10. The van der Waals surface area contributed by atoms with Crippen molar-refractivity contribution in [3.63, 3.8) is 0 Å². The van der Waals surface area contributed by atoms with Crippen LogP contribution in [0.3, 0.4) is 0 Å². The predicted octanol–water partition coefficient (Wildman–Crippen LogP) is 2.31. The minimum atomic E-state index is -0.876. The smallest absolute Gasteiger partial charge is 0.283 e. The fourth-order valence-electron chi connectivity index (χ4n) is 5.14. The third kappa shape index (κ3) is 4.01. The van der Waals surface area contributed by atoms with Crippen LogP contribution in [0.2, 0.25) is 0 Å². The fraction of sp³-hybridized carbons (Fsp3) is 0.545. The Morgan fingerprint density at radius 1 is 1.29 bits per heavy atom. The van der Waals surface area contributed by atoms with Crippen molar-refractivity contribution < 1.29 is 9.90 Å². The number of carbonyl (C=O) groups excluding carboxylic acids is 1. The summed E-state index contributed by atoms with van der Waals surface area (Å²) in [5.41, 5.74) is 0.307. The summed E-state index contributed by atoms with van der Waals surface area (Å²) < 4.78 is 1.43. The molecule has 1 amide bonds. The highest BCUT2D eigenvalue weighted by Crippen LogP contribution is 2.62. The molecule has 0 aliphatic heterocycles. The van der Waals surface area contributed by atoms with Gasteiger partial charge in [-0.25, -0.2) is 4.68 Å². The van der Waals surface area contributed by atoms with E-state index in [9.17, 15) is 14.7 Å². The lowest BCUT2D eigenvalue weighted by Gasteiger charge is -2.65. The third-order valence-corrected chi connectivity index (χ3v) is 8.02. The normalized spacial score (nSPS) is 28.5. The number of aromatic nitrogens is 3. The van der Waals surface area contributed by atoms with Gasteiger partial charge in [0.15, 0.2) is 0 Å². The number of amides is 1. The molecular weight excluding hydrogens is 462 g/mol. The van der Waals surface area contributed by atoms with Gasteiger partial charge in [-0.3, -0.25) is 14.6 Å². The van der Waals surface area contributed by atoms with Crippen molar-refractivity contribution in [3.05, 3.63) is 51.1 Å². The highest BCUT2D eigenvalue weighted by atomic mass is 79.9. The van der Waals surface area contributed by atoms with E-state index in [-0.39, 0.29) is 29.8 Å². The Bertz CT molecular complexity index is 1040. The Morgan fingerprint density at radius 3 is 2.65 bits per heavy atom. The van der Waals surface area contributed by atoms with Gasteiger partial charge in [0.05, 0.1) is 23.5 Å². The maximum Gasteiger partial charge on any atom is 0.283 e. The molecule has 0 radical (unpaired) electrons. The second kappa shape index (κ2) is 8.02. The van der Waals surface area contributed by atoms with Gasteiger partial charge in [-0.1, -0.05) is 13.8 Å². The summed E-state index contributed by atoms with van der Waals surface area (Å²) in [6.07, 6.45) is 6.72. The van der Waals surface area contributed by atoms with Crippen LogP contribution in [0.5, 0.6) is 0 Å². The van der Waals surface area contributed by atoms with E-state index in [0.29, 0.717) is 22.6 Å². The molecule has 3 fully saturated rings. The number of carbonyl (C=O) groups is 1. The average Bonchev–Trinajstić information content (AvgIpc) is 2.73. The summed E-state index contributed by atoms with van der Waals surface area (Å²) in [5.74, 6) is 0.454. The molecule has 0 unspecified atom stereocenters. The van der Waals surface area contributed by atoms with Crippen LogP contribution < -0.4 is 16.2 Å². The molecule has 8 nitrogen and oxygen atoms in total. The van der Waals surface area contributed by atoms with Crippen molar-refractivity contribution >= 4 is 27.5 Å². The second-order valence-electron chi connectivity index (χ2n) is 9.43. The van der Waals surface area contributed by atoms with E-state index in [1.165, 1.54) is 6.20 Å². The number of fused-ring (bicyclic) bond motifs is 2. The number of nitrogens with one attached hydrogen (secondary N) is 2. The Morgan fingerprint density at radius 2 is 2.00 bits per heavy atom. The van der Waals surface area contributed by atoms with Crippen LogP contribution in [-0.4, -0.2) is 37.4 Å². The van der Waals surface area contributed by atoms with Crippen molar-refractivity contribution in [3.8, 4) is 0 Å². The lowest BCUT2D eigenvalue weighted by molar-refractivity contribution is -0.199. The van der Waals surface area contributed by atoms with E-state index in [0.717, 1.165) is 23.1 Å². The van der Waals surface area contributed by atoms with Gasteiger partial charge < -0.3 is 15.7 Å². The molecule has 3 aliphatic carbocycles. The summed E-state index contributed by atoms with van der Waals surface area (Å²) in [7, 11) is 0. The third-order valence-electron chi connectivity index (χ3n) is 7.25. The molecule has 3 aliphatic rings. The van der Waals surface area contributed by atoms with Crippen LogP contribution in [0.15, 0.2) is 40.0 Å². The predicted molar refractivity (Wildman–Crippen MR) is 120 cm³/mol. The number of anilines is 1. The summed E-state index contributed by atoms with van der Waals surface area (Å²) in [6, 6.07) is 3.46. The molecule has 2 aromatic heterocycles. The molecule has 3 N–H and O–H groups in total. The van der Waals surface area contributed by atoms with Crippen LogP contribution in [-0.2, 0) is 17.9 Å². The van der Waals surface area contributed by atoms with Crippen molar-refractivity contribution in [2.45, 2.75) is 58.3 Å². The molecule has 31 heavy (non-hydrogen) atoms. The van der Waals surface area contributed by atoms with E-state index in [1.807, 2.05) is 19.1 Å². The van der Waals surface area contributed by atoms with Crippen molar-refractivity contribution in [1.82, 2.24) is 20.1 Å². The first-order chi connectivity index (χ1) is 14.6. The standard InChI is InChI=1S/C22H28BrN5O3/c1-21(2)14-8-16(21)22(3,31)17(9-14)27-15-11-26-28(20(30)19(15)23)12-18(29)25-10-13-4-6-24-7-5-13/h4-7,11,14,16-17,27,31H,8-10,12H2,1-3H3,(H,25,29)/t14-,16-,17+,22-/m0/s1. The molecule has 0 spiro atoms. The van der Waals surface area contributed by atoms with Gasteiger partial charge in [0.25, 0.3) is 5.56 Å². The largest absolute Gasteiger partial charge is 0.388 e. The number of nitrogens with zero attached hydrogens (tertiary/aromatic N) is 3. The van der Waals surface area contributed by atoms with Crippen molar-refractivity contribution in [2.24, 2.45) is 17.3 Å². The van der Waals surface area contributed by atoms with Gasteiger partial charge in [-0.05, 0) is 70.6 Å². The number of hydrogen-bond acceptors (Lipinski definition) is 6. The maximum atomic E-state index is 12.7. The molecule has 5 rings (SSSR count). The molecule has 2 bridgehead atoms. The summed E-state index contributed by atoms with van der Waals surface area (Å²) in [4.78, 5) is 28.9. The van der Waals surface area contributed by atoms with Gasteiger partial charge in [0.2, 0.25) is 5.91 Å². The Hall–Kier alpha value is -2.26. The first-order valence-electron chi connectivity index (χ1n) is 10.5. The molecule has 2 heterocycles. The van der Waals surface area contributed by atoms with Crippen molar-refractivity contribution in [2.75, 3.05) is 5.32 Å². The SMILES string of the molecule is CC1(C)[C@@H]2C[C@@H](Nc3cnn(CC(=O)NCc4ccncc4)c(=O)c3Br)[C@@](C)(O)[C@H]1C2. The van der Waals surface area contributed by atoms with Gasteiger partial charge in [0, 0.05) is 18.9 Å². The van der Waals surface area contributed by atoms with Crippen LogP contribution >= 0.6 is 15.9 Å². The van der Waals surface area contributed by atoms with Gasteiger partial charge in [-0.15, -0.1) is 0 Å². The summed E-state index contributed by atoms with van der Waals surface area (Å²) >= 11 is 3.35. The number of rotatable bonds is 6. The van der Waals surface area contributed by atoms with Gasteiger partial charge >= 0.3 is 0 Å². The quantitative estimate of drug-likeness (QED) is 0.574. The Labute approximate surface area is 189 Å². The zero-order valence-corrected chi connectivity index (χ0v) is 19.5. The van der Waals surface area contributed by atoms with Crippen LogP contribution in [0.4, 0.5) is 5.69 Å². The van der Waals surface area contributed by atoms with Crippen LogP contribution in [0.1, 0.15) is 39.2 Å². The van der Waals surface area contributed by atoms with E-state index < -0.39 is 11.2 Å². The Balaban J connectivity index is 1.42. The van der Waals surface area contributed by atoms with Crippen molar-refractivity contribution in [1.29, 1.82) is 0 Å². The van der Waals surface area contributed by atoms with E-state index in [1.54, 1.807) is 12.4 Å². The molecule has 4 atom stereocenters. The first-order valence-corrected chi connectivity index (χ1v) is 11.3. The molecular formula is C22H28BrN5O3. The van der Waals surface area contributed by atoms with E-state index in [2.05, 4.69) is 50.5 Å². The monoisotopic (exact) mass is 489 g/mol. The minimum absolute atomic E-state index is 0.129. The maximum absolute atomic E-state index is 12.7. The van der Waals surface area contributed by atoms with Gasteiger partial charge in [-0.2, -0.15) is 5.10 Å². The second-order valence-corrected chi connectivity index (χ2v) is 10.2. The molecule has 0 saturated heterocycles. The minimum Gasteiger partial charge on any atom is -0.388 e. The topological polar surface area (TPSA) is 109 Å². The van der Waals surface area contributed by atoms with Gasteiger partial charge in [0.1, 0.15) is 11.0 Å². The number of pyridine rings is 1. The first kappa shape index (κ1) is 22.0.